The summed E-state index contributed by atoms with van der Waals surface area (Å²) in [6.45, 7) is 3.99. The highest BCUT2D eigenvalue weighted by atomic mass is 32.1. The molecule has 1 amide bonds. The Morgan fingerprint density at radius 1 is 1.11 bits per heavy atom. The maximum Gasteiger partial charge on any atom is 0.246 e. The topological polar surface area (TPSA) is 60.2 Å². The zero-order valence-corrected chi connectivity index (χ0v) is 16.2. The minimum Gasteiger partial charge on any atom is -0.337 e. The number of thiazole rings is 1. The maximum atomic E-state index is 12.4. The molecule has 0 unspecified atom stereocenters. The summed E-state index contributed by atoms with van der Waals surface area (Å²) in [6.07, 6.45) is 3.42. The maximum absolute atomic E-state index is 12.4. The van der Waals surface area contributed by atoms with Crippen molar-refractivity contribution in [3.63, 3.8) is 0 Å². The Morgan fingerprint density at radius 2 is 1.86 bits per heavy atom. The summed E-state index contributed by atoms with van der Waals surface area (Å²) < 4.78 is 1.22. The molecular formula is C22H20N4OS. The van der Waals surface area contributed by atoms with Crippen molar-refractivity contribution < 1.29 is 4.79 Å². The zero-order chi connectivity index (χ0) is 19.3. The highest BCUT2D eigenvalue weighted by Gasteiger charge is 2.20. The number of nitriles is 1. The number of para-hydroxylation sites is 1. The van der Waals surface area contributed by atoms with Crippen LogP contribution in [-0.2, 0) is 11.3 Å². The summed E-state index contributed by atoms with van der Waals surface area (Å²) in [5.74, 6) is 0.0315. The fourth-order valence-corrected chi connectivity index (χ4v) is 4.26. The predicted octanol–water partition coefficient (Wildman–Crippen LogP) is 3.53. The molecule has 0 bridgehead atoms. The van der Waals surface area contributed by atoms with Crippen LogP contribution in [0.4, 0.5) is 0 Å². The minimum atomic E-state index is 0.0315. The Labute approximate surface area is 168 Å². The van der Waals surface area contributed by atoms with Gasteiger partial charge in [0.25, 0.3) is 0 Å². The van der Waals surface area contributed by atoms with Gasteiger partial charge in [-0.1, -0.05) is 24.3 Å². The van der Waals surface area contributed by atoms with Gasteiger partial charge in [0.05, 0.1) is 28.4 Å². The van der Waals surface area contributed by atoms with Crippen molar-refractivity contribution in [2.75, 3.05) is 26.2 Å². The van der Waals surface area contributed by atoms with Crippen LogP contribution in [0.5, 0.6) is 0 Å². The molecule has 2 heterocycles. The Bertz CT molecular complexity index is 1010. The van der Waals surface area contributed by atoms with Gasteiger partial charge in [0.2, 0.25) is 5.91 Å². The number of aromatic nitrogens is 1. The quantitative estimate of drug-likeness (QED) is 0.642. The smallest absolute Gasteiger partial charge is 0.246 e. The van der Waals surface area contributed by atoms with E-state index in [0.29, 0.717) is 5.56 Å². The minimum absolute atomic E-state index is 0.0315. The van der Waals surface area contributed by atoms with E-state index in [4.69, 9.17) is 10.2 Å². The third kappa shape index (κ3) is 4.28. The number of fused-ring (bicyclic) bond motifs is 1. The largest absolute Gasteiger partial charge is 0.337 e. The Balaban J connectivity index is 1.30. The molecule has 140 valence electrons. The van der Waals surface area contributed by atoms with Crippen molar-refractivity contribution in [3.05, 3.63) is 70.7 Å². The molecule has 0 radical (unpaired) electrons. The van der Waals surface area contributed by atoms with Gasteiger partial charge >= 0.3 is 0 Å². The lowest BCUT2D eigenvalue weighted by Crippen LogP contribution is -2.47. The zero-order valence-electron chi connectivity index (χ0n) is 15.4. The number of nitrogens with zero attached hydrogens (tertiary/aromatic N) is 4. The number of hydrogen-bond acceptors (Lipinski definition) is 5. The number of carbonyl (C=O) groups is 1. The van der Waals surface area contributed by atoms with Crippen molar-refractivity contribution in [3.8, 4) is 6.07 Å². The number of amides is 1. The average Bonchev–Trinajstić information content (AvgIpc) is 3.15. The van der Waals surface area contributed by atoms with Crippen LogP contribution in [0.25, 0.3) is 16.3 Å². The lowest BCUT2D eigenvalue weighted by Gasteiger charge is -2.33. The molecule has 1 saturated heterocycles. The third-order valence-corrected chi connectivity index (χ3v) is 5.86. The van der Waals surface area contributed by atoms with E-state index in [0.717, 1.165) is 48.8 Å². The summed E-state index contributed by atoms with van der Waals surface area (Å²) >= 11 is 1.74. The first-order valence-electron chi connectivity index (χ1n) is 9.25. The molecule has 0 spiro atoms. The lowest BCUT2D eigenvalue weighted by molar-refractivity contribution is -0.127. The van der Waals surface area contributed by atoms with Gasteiger partial charge in [0.15, 0.2) is 0 Å². The van der Waals surface area contributed by atoms with E-state index in [-0.39, 0.29) is 5.91 Å². The highest BCUT2D eigenvalue weighted by Crippen LogP contribution is 2.23. The van der Waals surface area contributed by atoms with E-state index in [2.05, 4.69) is 17.0 Å². The van der Waals surface area contributed by atoms with Gasteiger partial charge in [0, 0.05) is 32.3 Å². The summed E-state index contributed by atoms with van der Waals surface area (Å²) in [4.78, 5) is 21.4. The summed E-state index contributed by atoms with van der Waals surface area (Å²) in [7, 11) is 0. The van der Waals surface area contributed by atoms with Gasteiger partial charge in [-0.05, 0) is 35.9 Å². The summed E-state index contributed by atoms with van der Waals surface area (Å²) in [6, 6.07) is 17.5. The van der Waals surface area contributed by atoms with Crippen LogP contribution in [0.3, 0.4) is 0 Å². The van der Waals surface area contributed by atoms with Crippen molar-refractivity contribution in [2.24, 2.45) is 0 Å². The van der Waals surface area contributed by atoms with Crippen LogP contribution < -0.4 is 0 Å². The van der Waals surface area contributed by atoms with Gasteiger partial charge in [-0.2, -0.15) is 5.26 Å². The predicted molar refractivity (Wildman–Crippen MR) is 112 cm³/mol. The highest BCUT2D eigenvalue weighted by molar-refractivity contribution is 7.18. The third-order valence-electron chi connectivity index (χ3n) is 4.84. The Morgan fingerprint density at radius 3 is 2.57 bits per heavy atom. The molecule has 0 saturated carbocycles. The van der Waals surface area contributed by atoms with Crippen molar-refractivity contribution in [2.45, 2.75) is 6.54 Å². The van der Waals surface area contributed by atoms with E-state index in [1.54, 1.807) is 35.6 Å². The molecule has 2 aromatic carbocycles. The number of benzene rings is 2. The first-order valence-corrected chi connectivity index (χ1v) is 10.1. The summed E-state index contributed by atoms with van der Waals surface area (Å²) in [5, 5.41) is 9.96. The van der Waals surface area contributed by atoms with Gasteiger partial charge in [0.1, 0.15) is 5.01 Å². The second-order valence-electron chi connectivity index (χ2n) is 6.74. The van der Waals surface area contributed by atoms with E-state index < -0.39 is 0 Å². The molecule has 0 aliphatic carbocycles. The fraction of sp³-hybridized carbons (Fsp3) is 0.227. The molecule has 28 heavy (non-hydrogen) atoms. The molecule has 1 aliphatic rings. The van der Waals surface area contributed by atoms with Gasteiger partial charge < -0.3 is 4.90 Å². The first kappa shape index (κ1) is 18.4. The molecule has 1 aliphatic heterocycles. The van der Waals surface area contributed by atoms with Crippen LogP contribution >= 0.6 is 11.3 Å². The Kier molecular flexibility index (Phi) is 5.47. The van der Waals surface area contributed by atoms with Gasteiger partial charge in [-0.15, -0.1) is 11.3 Å². The van der Waals surface area contributed by atoms with Crippen LogP contribution in [0.15, 0.2) is 54.6 Å². The Hall–Kier alpha value is -3.01. The van der Waals surface area contributed by atoms with E-state index in [9.17, 15) is 4.79 Å². The van der Waals surface area contributed by atoms with Crippen molar-refractivity contribution >= 4 is 33.5 Å². The monoisotopic (exact) mass is 388 g/mol. The van der Waals surface area contributed by atoms with E-state index in [1.807, 2.05) is 35.2 Å². The normalized spacial score (nSPS) is 15.2. The molecular weight excluding hydrogens is 368 g/mol. The molecule has 0 atom stereocenters. The number of carbonyl (C=O) groups excluding carboxylic acids is 1. The summed E-state index contributed by atoms with van der Waals surface area (Å²) in [5.41, 5.74) is 2.60. The van der Waals surface area contributed by atoms with Crippen LogP contribution in [0.1, 0.15) is 16.1 Å². The molecule has 5 nitrogen and oxygen atoms in total. The number of rotatable bonds is 4. The van der Waals surface area contributed by atoms with E-state index >= 15 is 0 Å². The van der Waals surface area contributed by atoms with E-state index in [1.165, 1.54) is 4.70 Å². The van der Waals surface area contributed by atoms with Crippen molar-refractivity contribution in [1.82, 2.24) is 14.8 Å². The van der Waals surface area contributed by atoms with Crippen LogP contribution in [0, 0.1) is 11.3 Å². The molecule has 1 fully saturated rings. The fourth-order valence-electron chi connectivity index (χ4n) is 3.25. The van der Waals surface area contributed by atoms with Crippen molar-refractivity contribution in [1.29, 1.82) is 5.26 Å². The lowest BCUT2D eigenvalue weighted by atomic mass is 10.1. The first-order chi connectivity index (χ1) is 13.7. The molecule has 1 aromatic heterocycles. The molecule has 0 N–H and O–H groups in total. The standard InChI is InChI=1S/C22H20N4OS/c23-15-18-7-5-17(6-8-18)9-10-22(27)26-13-11-25(12-14-26)16-21-24-19-3-1-2-4-20(19)28-21/h1-10H,11-14,16H2. The van der Waals surface area contributed by atoms with Crippen LogP contribution in [-0.4, -0.2) is 46.9 Å². The molecule has 6 heteroatoms. The molecule has 3 aromatic rings. The van der Waals surface area contributed by atoms with Crippen LogP contribution in [0.2, 0.25) is 0 Å². The second-order valence-corrected chi connectivity index (χ2v) is 7.86. The number of piperazine rings is 1. The average molecular weight is 388 g/mol. The number of hydrogen-bond donors (Lipinski definition) is 0. The SMILES string of the molecule is N#Cc1ccc(C=CC(=O)N2CCN(Cc3nc4ccccc4s3)CC2)cc1. The molecule has 4 rings (SSSR count). The van der Waals surface area contributed by atoms with Gasteiger partial charge in [-0.3, -0.25) is 9.69 Å². The van der Waals surface area contributed by atoms with Gasteiger partial charge in [-0.25, -0.2) is 4.98 Å². The second kappa shape index (κ2) is 8.34.